The minimum absolute atomic E-state index is 0.110. The Balaban J connectivity index is 2.53. The summed E-state index contributed by atoms with van der Waals surface area (Å²) in [5, 5.41) is 0. The molecule has 112 valence electrons. The average molecular weight is 294 g/mol. The van der Waals surface area contributed by atoms with Gasteiger partial charge in [-0.1, -0.05) is 6.07 Å². The third-order valence-electron chi connectivity index (χ3n) is 3.22. The maximum absolute atomic E-state index is 12.5. The number of carbonyl (C=O) groups excluding carboxylic acids is 3. The molecule has 7 nitrogen and oxygen atoms in total. The molecular formula is C14H14O7. The molecule has 0 unspecified atom stereocenters. The maximum Gasteiger partial charge on any atom is 0.359 e. The molecule has 0 aliphatic carbocycles. The van der Waals surface area contributed by atoms with Gasteiger partial charge in [0.05, 0.1) is 26.9 Å². The number of Topliss-reactive ketones (excluding diaryl/α,β-unsaturated/α-hetero) is 1. The predicted octanol–water partition coefficient (Wildman–Crippen LogP) is 0.745. The Labute approximate surface area is 120 Å². The van der Waals surface area contributed by atoms with Crippen LogP contribution in [0.25, 0.3) is 0 Å². The minimum Gasteiger partial charge on any atom is -0.493 e. The van der Waals surface area contributed by atoms with Gasteiger partial charge < -0.3 is 18.9 Å². The minimum atomic E-state index is -2.07. The van der Waals surface area contributed by atoms with Crippen molar-refractivity contribution < 1.29 is 33.3 Å². The Bertz CT molecular complexity index is 607. The second-order valence-corrected chi connectivity index (χ2v) is 4.34. The van der Waals surface area contributed by atoms with Crippen LogP contribution in [0.5, 0.6) is 11.5 Å². The predicted molar refractivity (Wildman–Crippen MR) is 69.3 cm³/mol. The van der Waals surface area contributed by atoms with Crippen molar-refractivity contribution in [1.29, 1.82) is 0 Å². The van der Waals surface area contributed by atoms with Crippen LogP contribution >= 0.6 is 0 Å². The summed E-state index contributed by atoms with van der Waals surface area (Å²) in [5.74, 6) is -1.99. The molecule has 2 rings (SSSR count). The number of hydrogen-bond acceptors (Lipinski definition) is 7. The first kappa shape index (κ1) is 14.8. The third-order valence-corrected chi connectivity index (χ3v) is 3.22. The highest BCUT2D eigenvalue weighted by Gasteiger charge is 2.57. The summed E-state index contributed by atoms with van der Waals surface area (Å²) in [4.78, 5) is 36.1. The largest absolute Gasteiger partial charge is 0.493 e. The van der Waals surface area contributed by atoms with Gasteiger partial charge in [-0.25, -0.2) is 4.79 Å². The van der Waals surface area contributed by atoms with Gasteiger partial charge in [0.15, 0.2) is 11.5 Å². The van der Waals surface area contributed by atoms with Gasteiger partial charge in [0.2, 0.25) is 5.78 Å². The number of ether oxygens (including phenoxy) is 4. The van der Waals surface area contributed by atoms with Crippen LogP contribution in [0.1, 0.15) is 16.8 Å². The zero-order valence-electron chi connectivity index (χ0n) is 11.8. The first-order valence-electron chi connectivity index (χ1n) is 6.06. The van der Waals surface area contributed by atoms with Crippen LogP contribution in [-0.2, 0) is 19.1 Å². The average Bonchev–Trinajstić information content (AvgIpc) is 2.80. The Hall–Kier alpha value is -2.57. The number of methoxy groups -OCH3 is 3. The lowest BCUT2D eigenvalue weighted by Crippen LogP contribution is -2.50. The van der Waals surface area contributed by atoms with Gasteiger partial charge in [-0.2, -0.15) is 0 Å². The Morgan fingerprint density at radius 1 is 1.19 bits per heavy atom. The standard InChI is InChI=1S/C14H14O7/c1-18-9-6-4-5-8-11(9)21-14(12(8)16,13(17)20-3)7-10(15)19-2/h4-6H,7H2,1-3H3/t14-/m1/s1. The topological polar surface area (TPSA) is 88.1 Å². The molecular weight excluding hydrogens is 280 g/mol. The summed E-state index contributed by atoms with van der Waals surface area (Å²) in [6, 6.07) is 4.66. The number of carbonyl (C=O) groups is 3. The fourth-order valence-corrected chi connectivity index (χ4v) is 2.16. The van der Waals surface area contributed by atoms with Crippen LogP contribution < -0.4 is 9.47 Å². The van der Waals surface area contributed by atoms with E-state index in [2.05, 4.69) is 9.47 Å². The van der Waals surface area contributed by atoms with Gasteiger partial charge in [-0.15, -0.1) is 0 Å². The molecule has 1 aromatic carbocycles. The van der Waals surface area contributed by atoms with Gasteiger partial charge in [0.1, 0.15) is 6.42 Å². The normalized spacial score (nSPS) is 19.5. The van der Waals surface area contributed by atoms with E-state index in [1.54, 1.807) is 12.1 Å². The highest BCUT2D eigenvalue weighted by molar-refractivity contribution is 6.21. The second-order valence-electron chi connectivity index (χ2n) is 4.34. The smallest absolute Gasteiger partial charge is 0.359 e. The molecule has 1 aliphatic rings. The molecule has 0 saturated heterocycles. The van der Waals surface area contributed by atoms with Crippen molar-refractivity contribution in [2.45, 2.75) is 12.0 Å². The number of fused-ring (bicyclic) bond motifs is 1. The summed E-state index contributed by atoms with van der Waals surface area (Å²) >= 11 is 0. The molecule has 0 N–H and O–H groups in total. The zero-order valence-corrected chi connectivity index (χ0v) is 11.8. The van der Waals surface area contributed by atoms with Crippen molar-refractivity contribution in [3.8, 4) is 11.5 Å². The van der Waals surface area contributed by atoms with Crippen LogP contribution in [-0.4, -0.2) is 44.7 Å². The van der Waals surface area contributed by atoms with Crippen LogP contribution in [0.4, 0.5) is 0 Å². The Morgan fingerprint density at radius 3 is 2.48 bits per heavy atom. The molecule has 0 bridgehead atoms. The summed E-state index contributed by atoms with van der Waals surface area (Å²) in [6.07, 6.45) is -0.577. The quantitative estimate of drug-likeness (QED) is 0.598. The lowest BCUT2D eigenvalue weighted by molar-refractivity contribution is -0.160. The van der Waals surface area contributed by atoms with Crippen LogP contribution in [0.3, 0.4) is 0 Å². The monoisotopic (exact) mass is 294 g/mol. The van der Waals surface area contributed by atoms with Crippen molar-refractivity contribution in [2.75, 3.05) is 21.3 Å². The van der Waals surface area contributed by atoms with E-state index in [0.717, 1.165) is 14.2 Å². The molecule has 1 heterocycles. The number of para-hydroxylation sites is 1. The summed E-state index contributed by atoms with van der Waals surface area (Å²) in [6.45, 7) is 0. The van der Waals surface area contributed by atoms with Gasteiger partial charge in [-0.05, 0) is 12.1 Å². The molecule has 0 saturated carbocycles. The molecule has 7 heteroatoms. The van der Waals surface area contributed by atoms with E-state index in [1.165, 1.54) is 13.2 Å². The SMILES string of the molecule is COC(=O)C[C@@]1(C(=O)OC)Oc2c(OC)cccc2C1=O. The molecule has 21 heavy (non-hydrogen) atoms. The molecule has 1 atom stereocenters. The number of esters is 2. The van der Waals surface area contributed by atoms with Gasteiger partial charge >= 0.3 is 11.9 Å². The Kier molecular flexibility index (Phi) is 3.84. The van der Waals surface area contributed by atoms with Crippen molar-refractivity contribution >= 4 is 17.7 Å². The van der Waals surface area contributed by atoms with E-state index in [9.17, 15) is 14.4 Å². The van der Waals surface area contributed by atoms with Crippen molar-refractivity contribution in [3.05, 3.63) is 23.8 Å². The molecule has 0 radical (unpaired) electrons. The van der Waals surface area contributed by atoms with Crippen LogP contribution in [0.2, 0.25) is 0 Å². The van der Waals surface area contributed by atoms with Gasteiger partial charge in [0.25, 0.3) is 5.60 Å². The van der Waals surface area contributed by atoms with E-state index in [-0.39, 0.29) is 17.1 Å². The van der Waals surface area contributed by atoms with E-state index < -0.39 is 29.7 Å². The first-order valence-corrected chi connectivity index (χ1v) is 6.06. The van der Waals surface area contributed by atoms with E-state index in [4.69, 9.17) is 9.47 Å². The molecule has 0 amide bonds. The number of hydrogen-bond donors (Lipinski definition) is 0. The number of benzene rings is 1. The Morgan fingerprint density at radius 2 is 1.90 bits per heavy atom. The van der Waals surface area contributed by atoms with Crippen LogP contribution in [0.15, 0.2) is 18.2 Å². The molecule has 0 spiro atoms. The second kappa shape index (κ2) is 5.43. The molecule has 1 aliphatic heterocycles. The lowest BCUT2D eigenvalue weighted by Gasteiger charge is -2.23. The molecule has 0 aromatic heterocycles. The van der Waals surface area contributed by atoms with Crippen molar-refractivity contribution in [1.82, 2.24) is 0 Å². The van der Waals surface area contributed by atoms with E-state index >= 15 is 0 Å². The molecule has 1 aromatic rings. The lowest BCUT2D eigenvalue weighted by atomic mass is 9.92. The summed E-state index contributed by atoms with van der Waals surface area (Å²) < 4.78 is 19.8. The van der Waals surface area contributed by atoms with E-state index in [1.807, 2.05) is 0 Å². The van der Waals surface area contributed by atoms with Crippen molar-refractivity contribution in [2.24, 2.45) is 0 Å². The third kappa shape index (κ3) is 2.20. The van der Waals surface area contributed by atoms with Crippen LogP contribution in [0, 0.1) is 0 Å². The highest BCUT2D eigenvalue weighted by atomic mass is 16.6. The fraction of sp³-hybridized carbons (Fsp3) is 0.357. The first-order chi connectivity index (χ1) is 10.00. The molecule has 0 fully saturated rings. The number of ketones is 1. The van der Waals surface area contributed by atoms with E-state index in [0.29, 0.717) is 0 Å². The van der Waals surface area contributed by atoms with Gasteiger partial charge in [-0.3, -0.25) is 9.59 Å². The van der Waals surface area contributed by atoms with Crippen molar-refractivity contribution in [3.63, 3.8) is 0 Å². The zero-order chi connectivity index (χ0) is 15.6. The maximum atomic E-state index is 12.5. The van der Waals surface area contributed by atoms with Gasteiger partial charge in [0, 0.05) is 0 Å². The summed E-state index contributed by atoms with van der Waals surface area (Å²) in [7, 11) is 3.67. The highest BCUT2D eigenvalue weighted by Crippen LogP contribution is 2.43. The fourth-order valence-electron chi connectivity index (χ4n) is 2.16. The summed E-state index contributed by atoms with van der Waals surface area (Å²) in [5.41, 5.74) is -1.91. The number of rotatable bonds is 4.